The van der Waals surface area contributed by atoms with Gasteiger partial charge in [-0.1, -0.05) is 30.3 Å². The number of amides is 3. The number of nitrogens with one attached hydrogen (secondary N) is 1. The molecule has 1 fully saturated rings. The van der Waals surface area contributed by atoms with Crippen molar-refractivity contribution in [2.75, 3.05) is 6.61 Å². The lowest BCUT2D eigenvalue weighted by atomic mass is 10.1. The minimum atomic E-state index is -0.626. The molecule has 180 valence electrons. The van der Waals surface area contributed by atoms with Crippen LogP contribution in [-0.4, -0.2) is 23.4 Å². The van der Waals surface area contributed by atoms with Crippen LogP contribution in [0.5, 0.6) is 11.5 Å². The highest BCUT2D eigenvalue weighted by molar-refractivity contribution is 14.1. The molecule has 1 aliphatic rings. The molecule has 35 heavy (non-hydrogen) atoms. The van der Waals surface area contributed by atoms with Crippen molar-refractivity contribution < 1.29 is 27.8 Å². The van der Waals surface area contributed by atoms with E-state index in [-0.39, 0.29) is 30.2 Å². The Hall–Kier alpha value is -3.47. The smallest absolute Gasteiger partial charge is 0.329 e. The number of rotatable bonds is 8. The number of urea groups is 1. The molecule has 0 atom stereocenters. The van der Waals surface area contributed by atoms with E-state index in [1.54, 1.807) is 36.4 Å². The molecular formula is C26H21F2IN2O4. The van der Waals surface area contributed by atoms with Crippen LogP contribution in [0, 0.1) is 15.2 Å². The van der Waals surface area contributed by atoms with Crippen LogP contribution in [0.15, 0.2) is 66.4 Å². The van der Waals surface area contributed by atoms with Gasteiger partial charge in [0.15, 0.2) is 11.5 Å². The fourth-order valence-corrected chi connectivity index (χ4v) is 4.32. The highest BCUT2D eigenvalue weighted by Gasteiger charge is 2.34. The number of carbonyl (C=O) groups is 2. The quantitative estimate of drug-likeness (QED) is 0.210. The van der Waals surface area contributed by atoms with E-state index in [0.29, 0.717) is 32.8 Å². The fourth-order valence-electron chi connectivity index (χ4n) is 3.54. The van der Waals surface area contributed by atoms with E-state index in [1.165, 1.54) is 30.3 Å². The van der Waals surface area contributed by atoms with E-state index >= 15 is 0 Å². The average molecular weight is 590 g/mol. The Kier molecular flexibility index (Phi) is 7.64. The summed E-state index contributed by atoms with van der Waals surface area (Å²) in [6.07, 6.45) is 1.53. The summed E-state index contributed by atoms with van der Waals surface area (Å²) in [5, 5.41) is 2.55. The van der Waals surface area contributed by atoms with Crippen molar-refractivity contribution in [1.29, 1.82) is 0 Å². The zero-order chi connectivity index (χ0) is 24.9. The third-order valence-electron chi connectivity index (χ3n) is 5.16. The molecule has 0 aliphatic carbocycles. The Morgan fingerprint density at radius 1 is 1.03 bits per heavy atom. The number of ether oxygens (including phenoxy) is 2. The van der Waals surface area contributed by atoms with Gasteiger partial charge in [-0.25, -0.2) is 13.6 Å². The summed E-state index contributed by atoms with van der Waals surface area (Å²) in [6, 6.07) is 15.0. The Bertz CT molecular complexity index is 1310. The Balaban J connectivity index is 1.56. The van der Waals surface area contributed by atoms with Crippen LogP contribution in [0.3, 0.4) is 0 Å². The van der Waals surface area contributed by atoms with Gasteiger partial charge < -0.3 is 14.8 Å². The number of imide groups is 1. The van der Waals surface area contributed by atoms with Gasteiger partial charge in [-0.3, -0.25) is 9.69 Å². The lowest BCUT2D eigenvalue weighted by molar-refractivity contribution is -0.123. The second kappa shape index (κ2) is 10.9. The van der Waals surface area contributed by atoms with Crippen LogP contribution in [0.4, 0.5) is 13.6 Å². The third-order valence-corrected chi connectivity index (χ3v) is 5.96. The SMILES string of the molecule is CCOc1cc(/C=C2/NC(=O)N(Cc3ccccc3F)C2=O)cc(I)c1OCc1cccc(F)c1. The predicted molar refractivity (Wildman–Crippen MR) is 135 cm³/mol. The third kappa shape index (κ3) is 5.79. The van der Waals surface area contributed by atoms with Crippen molar-refractivity contribution in [2.24, 2.45) is 0 Å². The molecule has 0 saturated carbocycles. The molecule has 3 amide bonds. The first kappa shape index (κ1) is 24.6. The van der Waals surface area contributed by atoms with Crippen molar-refractivity contribution in [1.82, 2.24) is 10.2 Å². The van der Waals surface area contributed by atoms with Crippen LogP contribution in [0.25, 0.3) is 6.08 Å². The van der Waals surface area contributed by atoms with Gasteiger partial charge in [-0.05, 0) is 77.0 Å². The Morgan fingerprint density at radius 2 is 1.83 bits per heavy atom. The van der Waals surface area contributed by atoms with E-state index in [9.17, 15) is 18.4 Å². The van der Waals surface area contributed by atoms with Crippen LogP contribution in [0.1, 0.15) is 23.6 Å². The maximum Gasteiger partial charge on any atom is 0.329 e. The topological polar surface area (TPSA) is 67.9 Å². The molecule has 0 aromatic heterocycles. The lowest BCUT2D eigenvalue weighted by Gasteiger charge is -2.15. The highest BCUT2D eigenvalue weighted by atomic mass is 127. The van der Waals surface area contributed by atoms with Crippen LogP contribution in [-0.2, 0) is 17.9 Å². The van der Waals surface area contributed by atoms with Crippen molar-refractivity contribution in [3.05, 3.63) is 98.3 Å². The molecule has 0 radical (unpaired) electrons. The second-order valence-electron chi connectivity index (χ2n) is 7.65. The minimum absolute atomic E-state index is 0.0676. The zero-order valence-electron chi connectivity index (χ0n) is 18.7. The van der Waals surface area contributed by atoms with E-state index in [2.05, 4.69) is 27.9 Å². The highest BCUT2D eigenvalue weighted by Crippen LogP contribution is 2.36. The van der Waals surface area contributed by atoms with Gasteiger partial charge in [0.1, 0.15) is 23.9 Å². The minimum Gasteiger partial charge on any atom is -0.490 e. The normalized spacial score (nSPS) is 14.4. The lowest BCUT2D eigenvalue weighted by Crippen LogP contribution is -2.30. The van der Waals surface area contributed by atoms with Crippen molar-refractivity contribution >= 4 is 40.6 Å². The summed E-state index contributed by atoms with van der Waals surface area (Å²) < 4.78 is 39.8. The molecule has 6 nitrogen and oxygen atoms in total. The summed E-state index contributed by atoms with van der Waals surface area (Å²) in [6.45, 7) is 2.17. The Morgan fingerprint density at radius 3 is 2.57 bits per heavy atom. The van der Waals surface area contributed by atoms with Gasteiger partial charge in [0.25, 0.3) is 5.91 Å². The molecule has 1 N–H and O–H groups in total. The molecule has 1 saturated heterocycles. The largest absolute Gasteiger partial charge is 0.490 e. The molecule has 3 aromatic rings. The van der Waals surface area contributed by atoms with Gasteiger partial charge in [0.05, 0.1) is 16.7 Å². The molecule has 0 spiro atoms. The van der Waals surface area contributed by atoms with Crippen molar-refractivity contribution in [3.63, 3.8) is 0 Å². The number of hydrogen-bond acceptors (Lipinski definition) is 4. The van der Waals surface area contributed by atoms with Gasteiger partial charge in [-0.15, -0.1) is 0 Å². The first-order valence-corrected chi connectivity index (χ1v) is 11.8. The molecule has 1 aliphatic heterocycles. The number of hydrogen-bond donors (Lipinski definition) is 1. The maximum absolute atomic E-state index is 14.0. The van der Waals surface area contributed by atoms with E-state index < -0.39 is 17.8 Å². The summed E-state index contributed by atoms with van der Waals surface area (Å²) in [5.74, 6) is -0.461. The van der Waals surface area contributed by atoms with Crippen molar-refractivity contribution in [2.45, 2.75) is 20.1 Å². The molecule has 0 unspecified atom stereocenters. The van der Waals surface area contributed by atoms with Gasteiger partial charge in [-0.2, -0.15) is 0 Å². The van der Waals surface area contributed by atoms with E-state index in [1.807, 2.05) is 6.92 Å². The first-order valence-electron chi connectivity index (χ1n) is 10.8. The number of nitrogens with zero attached hydrogens (tertiary/aromatic N) is 1. The van der Waals surface area contributed by atoms with E-state index in [4.69, 9.17) is 9.47 Å². The molecule has 3 aromatic carbocycles. The number of benzene rings is 3. The fraction of sp³-hybridized carbons (Fsp3) is 0.154. The molecule has 4 rings (SSSR count). The summed E-state index contributed by atoms with van der Waals surface area (Å²) >= 11 is 2.09. The molecule has 1 heterocycles. The average Bonchev–Trinajstić information content (AvgIpc) is 3.07. The monoisotopic (exact) mass is 590 g/mol. The Labute approximate surface area is 214 Å². The van der Waals surface area contributed by atoms with Gasteiger partial charge in [0, 0.05) is 5.56 Å². The summed E-state index contributed by atoms with van der Waals surface area (Å²) in [4.78, 5) is 26.2. The standard InChI is InChI=1S/C26H21F2IN2O4/c1-2-34-23-13-17(11-21(29)24(23)35-15-16-6-5-8-19(27)10-16)12-22-25(32)31(26(33)30-22)14-18-7-3-4-9-20(18)28/h3-13H,2,14-15H2,1H3,(H,30,33)/b22-12+. The maximum atomic E-state index is 14.0. The molecule has 0 bridgehead atoms. The van der Waals surface area contributed by atoms with E-state index in [0.717, 1.165) is 4.90 Å². The predicted octanol–water partition coefficient (Wildman–Crippen LogP) is 5.64. The van der Waals surface area contributed by atoms with Crippen LogP contribution < -0.4 is 14.8 Å². The van der Waals surface area contributed by atoms with Crippen LogP contribution >= 0.6 is 22.6 Å². The number of carbonyl (C=O) groups excluding carboxylic acids is 2. The van der Waals surface area contributed by atoms with Crippen molar-refractivity contribution in [3.8, 4) is 11.5 Å². The molecule has 9 heteroatoms. The summed E-state index contributed by atoms with van der Waals surface area (Å²) in [7, 11) is 0. The second-order valence-corrected chi connectivity index (χ2v) is 8.81. The zero-order valence-corrected chi connectivity index (χ0v) is 20.8. The van der Waals surface area contributed by atoms with Gasteiger partial charge in [0.2, 0.25) is 0 Å². The molecular weight excluding hydrogens is 569 g/mol. The summed E-state index contributed by atoms with van der Waals surface area (Å²) in [5.41, 5.74) is 1.58. The first-order chi connectivity index (χ1) is 16.9. The van der Waals surface area contributed by atoms with Crippen LogP contribution in [0.2, 0.25) is 0 Å². The number of halogens is 3. The van der Waals surface area contributed by atoms with Gasteiger partial charge >= 0.3 is 6.03 Å².